The lowest BCUT2D eigenvalue weighted by Gasteiger charge is -2.55. The molecule has 1 heterocycles. The fourth-order valence-corrected chi connectivity index (χ4v) is 3.76. The van der Waals surface area contributed by atoms with Gasteiger partial charge in [-0.25, -0.2) is 0 Å². The van der Waals surface area contributed by atoms with E-state index in [-0.39, 0.29) is 11.7 Å². The van der Waals surface area contributed by atoms with E-state index in [0.717, 1.165) is 19.4 Å². The van der Waals surface area contributed by atoms with Gasteiger partial charge in [0.2, 0.25) is 0 Å². The molecule has 0 aromatic carbocycles. The van der Waals surface area contributed by atoms with E-state index in [1.807, 2.05) is 0 Å². The maximum absolute atomic E-state index is 9.70. The molecule has 0 bridgehead atoms. The van der Waals surface area contributed by atoms with E-state index in [2.05, 4.69) is 6.92 Å². The van der Waals surface area contributed by atoms with Gasteiger partial charge in [-0.15, -0.1) is 0 Å². The highest BCUT2D eigenvalue weighted by molar-refractivity contribution is 5.20. The number of aliphatic hydroxyl groups is 1. The average molecular weight is 168 g/mol. The van der Waals surface area contributed by atoms with Crippen molar-refractivity contribution in [3.05, 3.63) is 0 Å². The summed E-state index contributed by atoms with van der Waals surface area (Å²) in [6.07, 6.45) is 4.37. The van der Waals surface area contributed by atoms with Gasteiger partial charge in [-0.1, -0.05) is 6.92 Å². The maximum atomic E-state index is 9.70. The minimum atomic E-state index is -0.0730. The van der Waals surface area contributed by atoms with Crippen LogP contribution in [0.5, 0.6) is 0 Å². The molecule has 1 spiro atoms. The largest absolute Gasteiger partial charge is 0.393 e. The molecule has 1 saturated heterocycles. The SMILES string of the molecule is C[C@]12CCO[C@]13CC[C@H](O)[C@@H]3C2. The molecule has 4 atom stereocenters. The van der Waals surface area contributed by atoms with Gasteiger partial charge in [-0.3, -0.25) is 0 Å². The normalized spacial score (nSPS) is 62.5. The Morgan fingerprint density at radius 2 is 2.25 bits per heavy atom. The van der Waals surface area contributed by atoms with Crippen LogP contribution in [-0.4, -0.2) is 23.4 Å². The van der Waals surface area contributed by atoms with Crippen molar-refractivity contribution in [3.63, 3.8) is 0 Å². The quantitative estimate of drug-likeness (QED) is 0.591. The second-order valence-electron chi connectivity index (χ2n) is 4.97. The Kier molecular flexibility index (Phi) is 1.15. The monoisotopic (exact) mass is 168 g/mol. The first-order chi connectivity index (χ1) is 5.68. The van der Waals surface area contributed by atoms with Crippen molar-refractivity contribution in [2.24, 2.45) is 11.3 Å². The number of aliphatic hydroxyl groups excluding tert-OH is 1. The summed E-state index contributed by atoms with van der Waals surface area (Å²) in [5, 5.41) is 9.70. The summed E-state index contributed by atoms with van der Waals surface area (Å²) < 4.78 is 5.88. The van der Waals surface area contributed by atoms with Crippen LogP contribution >= 0.6 is 0 Å². The third kappa shape index (κ3) is 0.549. The van der Waals surface area contributed by atoms with Crippen LogP contribution in [0.2, 0.25) is 0 Å². The average Bonchev–Trinajstić information content (AvgIpc) is 2.41. The van der Waals surface area contributed by atoms with Crippen LogP contribution in [0, 0.1) is 11.3 Å². The third-order valence-corrected chi connectivity index (χ3v) is 4.58. The van der Waals surface area contributed by atoms with Crippen molar-refractivity contribution in [1.29, 1.82) is 0 Å². The van der Waals surface area contributed by atoms with Gasteiger partial charge in [0.05, 0.1) is 11.7 Å². The molecule has 3 fully saturated rings. The van der Waals surface area contributed by atoms with E-state index in [9.17, 15) is 5.11 Å². The fraction of sp³-hybridized carbons (Fsp3) is 1.00. The Morgan fingerprint density at radius 3 is 2.92 bits per heavy atom. The first-order valence-corrected chi connectivity index (χ1v) is 5.00. The highest BCUT2D eigenvalue weighted by atomic mass is 16.5. The summed E-state index contributed by atoms with van der Waals surface area (Å²) in [5.74, 6) is 0.463. The number of hydrogen-bond donors (Lipinski definition) is 1. The van der Waals surface area contributed by atoms with Crippen LogP contribution < -0.4 is 0 Å². The Balaban J connectivity index is 1.98. The Bertz CT molecular complexity index is 228. The summed E-state index contributed by atoms with van der Waals surface area (Å²) in [6, 6.07) is 0. The maximum Gasteiger partial charge on any atom is 0.0790 e. The molecule has 0 aromatic rings. The molecule has 2 aliphatic carbocycles. The van der Waals surface area contributed by atoms with Crippen molar-refractivity contribution >= 4 is 0 Å². The van der Waals surface area contributed by atoms with Crippen molar-refractivity contribution in [3.8, 4) is 0 Å². The Morgan fingerprint density at radius 1 is 1.42 bits per heavy atom. The number of rotatable bonds is 0. The van der Waals surface area contributed by atoms with Crippen LogP contribution in [0.15, 0.2) is 0 Å². The summed E-state index contributed by atoms with van der Waals surface area (Å²) in [5.41, 5.74) is 0.515. The molecule has 3 rings (SSSR count). The fourth-order valence-electron chi connectivity index (χ4n) is 3.76. The Labute approximate surface area is 72.9 Å². The van der Waals surface area contributed by atoms with E-state index >= 15 is 0 Å². The highest BCUT2D eigenvalue weighted by Crippen LogP contribution is 2.68. The first kappa shape index (κ1) is 7.34. The van der Waals surface area contributed by atoms with Gasteiger partial charge in [0.25, 0.3) is 0 Å². The lowest BCUT2D eigenvalue weighted by molar-refractivity contribution is -0.182. The summed E-state index contributed by atoms with van der Waals surface area (Å²) in [6.45, 7) is 3.24. The third-order valence-electron chi connectivity index (χ3n) is 4.58. The summed E-state index contributed by atoms with van der Waals surface area (Å²) in [7, 11) is 0. The number of ether oxygens (including phenoxy) is 1. The lowest BCUT2D eigenvalue weighted by Crippen LogP contribution is -2.59. The molecule has 0 amide bonds. The van der Waals surface area contributed by atoms with Gasteiger partial charge >= 0.3 is 0 Å². The van der Waals surface area contributed by atoms with Crippen molar-refractivity contribution in [2.45, 2.75) is 44.3 Å². The van der Waals surface area contributed by atoms with E-state index < -0.39 is 0 Å². The van der Waals surface area contributed by atoms with E-state index in [0.29, 0.717) is 11.3 Å². The van der Waals surface area contributed by atoms with E-state index in [1.165, 1.54) is 12.8 Å². The second kappa shape index (κ2) is 1.88. The van der Waals surface area contributed by atoms with Gasteiger partial charge in [0, 0.05) is 12.5 Å². The van der Waals surface area contributed by atoms with E-state index in [1.54, 1.807) is 0 Å². The summed E-state index contributed by atoms with van der Waals surface area (Å²) >= 11 is 0. The number of hydrogen-bond acceptors (Lipinski definition) is 2. The highest BCUT2D eigenvalue weighted by Gasteiger charge is 2.70. The Hall–Kier alpha value is -0.0800. The molecule has 1 aliphatic heterocycles. The molecule has 12 heavy (non-hydrogen) atoms. The van der Waals surface area contributed by atoms with E-state index in [4.69, 9.17) is 4.74 Å². The molecule has 1 N–H and O–H groups in total. The predicted octanol–water partition coefficient (Wildman–Crippen LogP) is 1.33. The first-order valence-electron chi connectivity index (χ1n) is 5.00. The molecule has 2 saturated carbocycles. The second-order valence-corrected chi connectivity index (χ2v) is 4.97. The molecule has 0 aromatic heterocycles. The summed E-state index contributed by atoms with van der Waals surface area (Å²) in [4.78, 5) is 0. The van der Waals surface area contributed by atoms with Crippen LogP contribution in [0.25, 0.3) is 0 Å². The standard InChI is InChI=1S/C10H16O2/c1-9-4-5-12-10(9)3-2-8(11)7(10)6-9/h7-8,11H,2-6H2,1H3/t7-,8-,9+,10-/m0/s1. The zero-order chi connectivity index (χ0) is 8.40. The molecule has 2 heteroatoms. The van der Waals surface area contributed by atoms with Crippen LogP contribution in [0.1, 0.15) is 32.6 Å². The lowest BCUT2D eigenvalue weighted by atomic mass is 9.52. The molecular formula is C10H16O2. The van der Waals surface area contributed by atoms with Gasteiger partial charge in [0.15, 0.2) is 0 Å². The van der Waals surface area contributed by atoms with Gasteiger partial charge in [0.1, 0.15) is 0 Å². The van der Waals surface area contributed by atoms with Crippen LogP contribution in [0.3, 0.4) is 0 Å². The predicted molar refractivity (Wildman–Crippen MR) is 44.8 cm³/mol. The molecule has 2 nitrogen and oxygen atoms in total. The van der Waals surface area contributed by atoms with Gasteiger partial charge < -0.3 is 9.84 Å². The van der Waals surface area contributed by atoms with Crippen molar-refractivity contribution < 1.29 is 9.84 Å². The van der Waals surface area contributed by atoms with Gasteiger partial charge in [-0.05, 0) is 31.1 Å². The van der Waals surface area contributed by atoms with Gasteiger partial charge in [-0.2, -0.15) is 0 Å². The minimum Gasteiger partial charge on any atom is -0.393 e. The topological polar surface area (TPSA) is 29.5 Å². The van der Waals surface area contributed by atoms with Crippen molar-refractivity contribution in [1.82, 2.24) is 0 Å². The van der Waals surface area contributed by atoms with Crippen LogP contribution in [-0.2, 0) is 4.74 Å². The zero-order valence-electron chi connectivity index (χ0n) is 7.55. The molecule has 3 aliphatic rings. The smallest absolute Gasteiger partial charge is 0.0790 e. The van der Waals surface area contributed by atoms with Crippen molar-refractivity contribution in [2.75, 3.05) is 6.61 Å². The van der Waals surface area contributed by atoms with Crippen LogP contribution in [0.4, 0.5) is 0 Å². The molecule has 0 radical (unpaired) electrons. The minimum absolute atomic E-state index is 0.0730. The molecule has 0 unspecified atom stereocenters. The zero-order valence-corrected chi connectivity index (χ0v) is 7.55. The molecular weight excluding hydrogens is 152 g/mol. The molecule has 68 valence electrons.